The molecule has 0 aromatic carbocycles. The molecule has 1 aliphatic carbocycles. The van der Waals surface area contributed by atoms with Crippen molar-refractivity contribution in [3.05, 3.63) is 0 Å². The van der Waals surface area contributed by atoms with Gasteiger partial charge in [-0.05, 0) is 38.0 Å². The van der Waals surface area contributed by atoms with Gasteiger partial charge in [-0.15, -0.1) is 0 Å². The minimum Gasteiger partial charge on any atom is -0.329 e. The van der Waals surface area contributed by atoms with Crippen molar-refractivity contribution >= 4 is 9.84 Å². The summed E-state index contributed by atoms with van der Waals surface area (Å²) < 4.78 is 22.9. The van der Waals surface area contributed by atoms with Crippen molar-refractivity contribution in [1.82, 2.24) is 5.32 Å². The zero-order valence-electron chi connectivity index (χ0n) is 10.6. The summed E-state index contributed by atoms with van der Waals surface area (Å²) in [6.07, 6.45) is 5.04. The molecule has 0 aromatic rings. The van der Waals surface area contributed by atoms with E-state index in [1.807, 2.05) is 0 Å². The van der Waals surface area contributed by atoms with E-state index >= 15 is 0 Å². The molecule has 2 rings (SSSR count). The fourth-order valence-corrected chi connectivity index (χ4v) is 4.72. The molecule has 5 heteroatoms. The highest BCUT2D eigenvalue weighted by atomic mass is 32.2. The van der Waals surface area contributed by atoms with Crippen LogP contribution < -0.4 is 11.1 Å². The molecule has 0 radical (unpaired) electrons. The van der Waals surface area contributed by atoms with E-state index in [4.69, 9.17) is 5.73 Å². The second kappa shape index (κ2) is 4.86. The van der Waals surface area contributed by atoms with Crippen molar-refractivity contribution in [1.29, 1.82) is 0 Å². The van der Waals surface area contributed by atoms with Crippen molar-refractivity contribution in [2.24, 2.45) is 11.7 Å². The molecule has 0 aromatic heterocycles. The Kier molecular flexibility index (Phi) is 3.80. The minimum atomic E-state index is -2.80. The maximum Gasteiger partial charge on any atom is 0.150 e. The van der Waals surface area contributed by atoms with Crippen LogP contribution in [0.4, 0.5) is 0 Å². The standard InChI is InChI=1S/C12H24N2O2S/c1-10-2-3-11(8-10)14-12(9-13)4-6-17(15,16)7-5-12/h10-11,14H,2-9,13H2,1H3. The predicted octanol–water partition coefficient (Wildman–Crippen LogP) is 0.671. The van der Waals surface area contributed by atoms with Gasteiger partial charge in [0.2, 0.25) is 0 Å². The molecule has 0 bridgehead atoms. The number of hydrogen-bond donors (Lipinski definition) is 2. The molecule has 0 spiro atoms. The van der Waals surface area contributed by atoms with Crippen molar-refractivity contribution in [2.75, 3.05) is 18.1 Å². The predicted molar refractivity (Wildman–Crippen MR) is 69.6 cm³/mol. The average molecular weight is 260 g/mol. The first kappa shape index (κ1) is 13.3. The van der Waals surface area contributed by atoms with E-state index in [1.165, 1.54) is 19.3 Å². The highest BCUT2D eigenvalue weighted by Gasteiger charge is 2.38. The smallest absolute Gasteiger partial charge is 0.150 e. The van der Waals surface area contributed by atoms with Gasteiger partial charge < -0.3 is 11.1 Å². The van der Waals surface area contributed by atoms with Crippen LogP contribution in [0.25, 0.3) is 0 Å². The third-order valence-electron chi connectivity index (χ3n) is 4.38. The van der Waals surface area contributed by atoms with Gasteiger partial charge in [-0.2, -0.15) is 0 Å². The van der Waals surface area contributed by atoms with Crippen LogP contribution in [-0.4, -0.2) is 38.0 Å². The molecular formula is C12H24N2O2S. The molecule has 1 aliphatic heterocycles. The fraction of sp³-hybridized carbons (Fsp3) is 1.00. The molecule has 3 N–H and O–H groups in total. The van der Waals surface area contributed by atoms with Crippen molar-refractivity contribution < 1.29 is 8.42 Å². The van der Waals surface area contributed by atoms with Gasteiger partial charge in [-0.1, -0.05) is 6.92 Å². The lowest BCUT2D eigenvalue weighted by Crippen LogP contribution is -2.58. The molecule has 2 fully saturated rings. The van der Waals surface area contributed by atoms with E-state index in [0.29, 0.717) is 36.9 Å². The van der Waals surface area contributed by atoms with E-state index in [0.717, 1.165) is 5.92 Å². The van der Waals surface area contributed by atoms with Crippen LogP contribution in [0.5, 0.6) is 0 Å². The molecule has 1 saturated heterocycles. The van der Waals surface area contributed by atoms with Gasteiger partial charge in [0.05, 0.1) is 11.5 Å². The Bertz CT molecular complexity index is 353. The summed E-state index contributed by atoms with van der Waals surface area (Å²) in [7, 11) is -2.80. The Morgan fingerprint density at radius 2 is 1.94 bits per heavy atom. The van der Waals surface area contributed by atoms with E-state index in [-0.39, 0.29) is 5.54 Å². The Morgan fingerprint density at radius 3 is 2.41 bits per heavy atom. The minimum absolute atomic E-state index is 0.125. The molecule has 4 nitrogen and oxygen atoms in total. The fourth-order valence-electron chi connectivity index (χ4n) is 3.11. The second-order valence-corrected chi connectivity index (χ2v) is 8.20. The Labute approximate surface area is 104 Å². The van der Waals surface area contributed by atoms with Crippen LogP contribution in [-0.2, 0) is 9.84 Å². The Hall–Kier alpha value is -0.130. The zero-order chi connectivity index (χ0) is 12.5. The lowest BCUT2D eigenvalue weighted by Gasteiger charge is -2.39. The maximum atomic E-state index is 11.5. The Balaban J connectivity index is 1.96. The van der Waals surface area contributed by atoms with Gasteiger partial charge in [0.15, 0.2) is 0 Å². The number of nitrogens with one attached hydrogen (secondary N) is 1. The third kappa shape index (κ3) is 3.20. The monoisotopic (exact) mass is 260 g/mol. The maximum absolute atomic E-state index is 11.5. The molecule has 17 heavy (non-hydrogen) atoms. The summed E-state index contributed by atoms with van der Waals surface area (Å²) >= 11 is 0. The summed E-state index contributed by atoms with van der Waals surface area (Å²) in [5, 5.41) is 3.66. The molecule has 0 amide bonds. The zero-order valence-corrected chi connectivity index (χ0v) is 11.4. The first-order valence-corrected chi connectivity index (χ1v) is 8.45. The number of hydrogen-bond acceptors (Lipinski definition) is 4. The summed E-state index contributed by atoms with van der Waals surface area (Å²) in [6.45, 7) is 2.83. The highest BCUT2D eigenvalue weighted by Crippen LogP contribution is 2.30. The number of rotatable bonds is 3. The summed E-state index contributed by atoms with van der Waals surface area (Å²) in [6, 6.07) is 0.536. The van der Waals surface area contributed by atoms with Crippen LogP contribution in [0.3, 0.4) is 0 Å². The molecule has 2 unspecified atom stereocenters. The Morgan fingerprint density at radius 1 is 1.29 bits per heavy atom. The second-order valence-electron chi connectivity index (χ2n) is 5.90. The van der Waals surface area contributed by atoms with E-state index in [1.54, 1.807) is 0 Å². The van der Waals surface area contributed by atoms with Gasteiger partial charge >= 0.3 is 0 Å². The summed E-state index contributed by atoms with van der Waals surface area (Å²) in [5.74, 6) is 1.37. The normalized spacial score (nSPS) is 35.9. The van der Waals surface area contributed by atoms with Crippen LogP contribution in [0.15, 0.2) is 0 Å². The summed E-state index contributed by atoms with van der Waals surface area (Å²) in [4.78, 5) is 0. The highest BCUT2D eigenvalue weighted by molar-refractivity contribution is 7.91. The lowest BCUT2D eigenvalue weighted by molar-refractivity contribution is 0.264. The number of sulfone groups is 1. The largest absolute Gasteiger partial charge is 0.329 e. The quantitative estimate of drug-likeness (QED) is 0.782. The number of nitrogens with two attached hydrogens (primary N) is 1. The third-order valence-corrected chi connectivity index (χ3v) is 6.03. The van der Waals surface area contributed by atoms with Crippen LogP contribution in [0, 0.1) is 5.92 Å². The SMILES string of the molecule is CC1CCC(NC2(CN)CCS(=O)(=O)CC2)C1. The molecule has 2 aliphatic rings. The van der Waals surface area contributed by atoms with Crippen molar-refractivity contribution in [3.63, 3.8) is 0 Å². The van der Waals surface area contributed by atoms with E-state index in [2.05, 4.69) is 12.2 Å². The molecule has 100 valence electrons. The van der Waals surface area contributed by atoms with E-state index < -0.39 is 9.84 Å². The molecule has 2 atom stereocenters. The topological polar surface area (TPSA) is 72.2 Å². The molecule has 1 heterocycles. The molecule has 1 saturated carbocycles. The molecular weight excluding hydrogens is 236 g/mol. The van der Waals surface area contributed by atoms with Gasteiger partial charge in [0.1, 0.15) is 9.84 Å². The van der Waals surface area contributed by atoms with Crippen LogP contribution in [0.2, 0.25) is 0 Å². The first-order chi connectivity index (χ1) is 7.95. The van der Waals surface area contributed by atoms with Crippen molar-refractivity contribution in [3.8, 4) is 0 Å². The van der Waals surface area contributed by atoms with Crippen LogP contribution in [0.1, 0.15) is 39.0 Å². The van der Waals surface area contributed by atoms with E-state index in [9.17, 15) is 8.42 Å². The summed E-state index contributed by atoms with van der Waals surface area (Å²) in [5.41, 5.74) is 5.76. The first-order valence-electron chi connectivity index (χ1n) is 6.63. The van der Waals surface area contributed by atoms with Crippen LogP contribution >= 0.6 is 0 Å². The van der Waals surface area contributed by atoms with Gasteiger partial charge in [0, 0.05) is 18.1 Å². The van der Waals surface area contributed by atoms with Gasteiger partial charge in [-0.25, -0.2) is 8.42 Å². The lowest BCUT2D eigenvalue weighted by atomic mass is 9.91. The van der Waals surface area contributed by atoms with Gasteiger partial charge in [0.25, 0.3) is 0 Å². The van der Waals surface area contributed by atoms with Gasteiger partial charge in [-0.3, -0.25) is 0 Å². The average Bonchev–Trinajstić information content (AvgIpc) is 2.68. The van der Waals surface area contributed by atoms with Crippen molar-refractivity contribution in [2.45, 2.75) is 50.6 Å².